The third-order valence-electron chi connectivity index (χ3n) is 4.76. The van der Waals surface area contributed by atoms with Crippen LogP contribution < -0.4 is 10.1 Å². The summed E-state index contributed by atoms with van der Waals surface area (Å²) in [5, 5.41) is 3.76. The van der Waals surface area contributed by atoms with E-state index in [0.717, 1.165) is 12.3 Å². The first-order valence-electron chi connectivity index (χ1n) is 8.14. The fourth-order valence-corrected chi connectivity index (χ4v) is 3.46. The first-order valence-corrected chi connectivity index (χ1v) is 8.14. The van der Waals surface area contributed by atoms with Gasteiger partial charge in [-0.05, 0) is 67.0 Å². The zero-order valence-electron chi connectivity index (χ0n) is 13.8. The summed E-state index contributed by atoms with van der Waals surface area (Å²) >= 11 is 0. The molecule has 0 saturated carbocycles. The van der Waals surface area contributed by atoms with Crippen LogP contribution in [-0.4, -0.2) is 7.11 Å². The Hall–Kier alpha value is -1.80. The lowest BCUT2D eigenvalue weighted by Gasteiger charge is -2.27. The lowest BCUT2D eigenvalue weighted by atomic mass is 9.87. The van der Waals surface area contributed by atoms with Gasteiger partial charge in [-0.1, -0.05) is 30.3 Å². The number of ether oxygens (including phenoxy) is 1. The van der Waals surface area contributed by atoms with E-state index in [1.165, 1.54) is 47.1 Å². The van der Waals surface area contributed by atoms with E-state index in [1.54, 1.807) is 7.11 Å². The fourth-order valence-electron chi connectivity index (χ4n) is 3.46. The normalized spacial score (nSPS) is 17.1. The van der Waals surface area contributed by atoms with Crippen molar-refractivity contribution in [3.8, 4) is 5.75 Å². The molecular weight excluding hydrogens is 270 g/mol. The number of methoxy groups -OCH3 is 1. The van der Waals surface area contributed by atoms with Crippen molar-refractivity contribution in [1.82, 2.24) is 5.32 Å². The Bertz CT molecular complexity index is 663. The molecule has 22 heavy (non-hydrogen) atoms. The minimum Gasteiger partial charge on any atom is -0.496 e. The number of hydrogen-bond donors (Lipinski definition) is 1. The molecule has 2 nitrogen and oxygen atoms in total. The maximum atomic E-state index is 5.40. The van der Waals surface area contributed by atoms with Crippen molar-refractivity contribution >= 4 is 0 Å². The fraction of sp³-hybridized carbons (Fsp3) is 0.400. The van der Waals surface area contributed by atoms with Crippen LogP contribution in [0.1, 0.15) is 46.7 Å². The zero-order valence-corrected chi connectivity index (χ0v) is 13.8. The molecule has 0 bridgehead atoms. The Labute approximate surface area is 133 Å². The molecule has 1 unspecified atom stereocenters. The molecule has 116 valence electrons. The average Bonchev–Trinajstić information content (AvgIpc) is 2.55. The predicted molar refractivity (Wildman–Crippen MR) is 91.4 cm³/mol. The van der Waals surface area contributed by atoms with Crippen LogP contribution in [0.15, 0.2) is 36.4 Å². The molecule has 0 aromatic heterocycles. The number of benzene rings is 2. The third kappa shape index (κ3) is 3.02. The Morgan fingerprint density at radius 2 is 1.95 bits per heavy atom. The lowest BCUT2D eigenvalue weighted by Crippen LogP contribution is -2.25. The van der Waals surface area contributed by atoms with E-state index in [-0.39, 0.29) is 0 Å². The van der Waals surface area contributed by atoms with Crippen molar-refractivity contribution in [3.63, 3.8) is 0 Å². The second-order valence-electron chi connectivity index (χ2n) is 6.27. The van der Waals surface area contributed by atoms with Crippen LogP contribution in [0.2, 0.25) is 0 Å². The first kappa shape index (κ1) is 15.1. The summed E-state index contributed by atoms with van der Waals surface area (Å²) in [4.78, 5) is 0. The van der Waals surface area contributed by atoms with Crippen LogP contribution >= 0.6 is 0 Å². The van der Waals surface area contributed by atoms with Crippen molar-refractivity contribution in [1.29, 1.82) is 0 Å². The van der Waals surface area contributed by atoms with Crippen LogP contribution in [0.5, 0.6) is 5.75 Å². The van der Waals surface area contributed by atoms with Crippen LogP contribution in [0.25, 0.3) is 0 Å². The van der Waals surface area contributed by atoms with Gasteiger partial charge >= 0.3 is 0 Å². The van der Waals surface area contributed by atoms with Crippen molar-refractivity contribution in [2.45, 2.75) is 45.7 Å². The molecule has 2 heteroatoms. The summed E-state index contributed by atoms with van der Waals surface area (Å²) in [7, 11) is 1.73. The van der Waals surface area contributed by atoms with Gasteiger partial charge in [-0.15, -0.1) is 0 Å². The minimum absolute atomic E-state index is 0.478. The molecule has 1 aliphatic carbocycles. The first-order chi connectivity index (χ1) is 10.7. The molecule has 3 rings (SSSR count). The van der Waals surface area contributed by atoms with Gasteiger partial charge in [0.15, 0.2) is 0 Å². The highest BCUT2D eigenvalue weighted by Crippen LogP contribution is 2.30. The van der Waals surface area contributed by atoms with Gasteiger partial charge in [0.25, 0.3) is 0 Å². The summed E-state index contributed by atoms with van der Waals surface area (Å²) in [6.07, 6.45) is 3.72. The third-order valence-corrected chi connectivity index (χ3v) is 4.76. The topological polar surface area (TPSA) is 21.3 Å². The number of hydrogen-bond acceptors (Lipinski definition) is 2. The van der Waals surface area contributed by atoms with Gasteiger partial charge < -0.3 is 10.1 Å². The molecule has 0 heterocycles. The van der Waals surface area contributed by atoms with Crippen molar-refractivity contribution in [3.05, 3.63) is 64.2 Å². The smallest absolute Gasteiger partial charge is 0.122 e. The van der Waals surface area contributed by atoms with Crippen LogP contribution in [0.3, 0.4) is 0 Å². The summed E-state index contributed by atoms with van der Waals surface area (Å²) in [6.45, 7) is 5.18. The Kier molecular flexibility index (Phi) is 4.49. The Morgan fingerprint density at radius 1 is 1.14 bits per heavy atom. The van der Waals surface area contributed by atoms with Gasteiger partial charge in [0.05, 0.1) is 7.11 Å². The number of rotatable bonds is 4. The predicted octanol–water partition coefficient (Wildman–Crippen LogP) is 4.48. The summed E-state index contributed by atoms with van der Waals surface area (Å²) in [5.74, 6) is 0.976. The lowest BCUT2D eigenvalue weighted by molar-refractivity contribution is 0.410. The maximum absolute atomic E-state index is 5.40. The van der Waals surface area contributed by atoms with Gasteiger partial charge in [-0.3, -0.25) is 0 Å². The van der Waals surface area contributed by atoms with Gasteiger partial charge in [-0.25, -0.2) is 0 Å². The molecule has 0 aliphatic heterocycles. The highest BCUT2D eigenvalue weighted by molar-refractivity contribution is 5.41. The van der Waals surface area contributed by atoms with Crippen molar-refractivity contribution in [2.24, 2.45) is 0 Å². The second-order valence-corrected chi connectivity index (χ2v) is 6.27. The molecule has 0 fully saturated rings. The van der Waals surface area contributed by atoms with Crippen LogP contribution in [0.4, 0.5) is 0 Å². The average molecular weight is 295 g/mol. The molecule has 2 aromatic rings. The summed E-state index contributed by atoms with van der Waals surface area (Å²) < 4.78 is 5.40. The minimum atomic E-state index is 0.478. The zero-order chi connectivity index (χ0) is 15.5. The highest BCUT2D eigenvalue weighted by atomic mass is 16.5. The SMILES string of the molecule is COc1cc(C)c(CNC2CCCc3ccccc32)cc1C. The van der Waals surface area contributed by atoms with E-state index in [9.17, 15) is 0 Å². The van der Waals surface area contributed by atoms with Gasteiger partial charge in [0.2, 0.25) is 0 Å². The second kappa shape index (κ2) is 6.53. The van der Waals surface area contributed by atoms with Crippen LogP contribution in [0, 0.1) is 13.8 Å². The van der Waals surface area contributed by atoms with Gasteiger partial charge in [0, 0.05) is 12.6 Å². The molecule has 0 saturated heterocycles. The summed E-state index contributed by atoms with van der Waals surface area (Å²) in [5.41, 5.74) is 6.85. The van der Waals surface area contributed by atoms with E-state index >= 15 is 0 Å². The molecule has 0 amide bonds. The monoisotopic (exact) mass is 295 g/mol. The number of aryl methyl sites for hydroxylation is 3. The molecule has 0 spiro atoms. The van der Waals surface area contributed by atoms with Gasteiger partial charge in [0.1, 0.15) is 5.75 Å². The molecule has 0 radical (unpaired) electrons. The molecule has 2 aromatic carbocycles. The maximum Gasteiger partial charge on any atom is 0.122 e. The summed E-state index contributed by atoms with van der Waals surface area (Å²) in [6, 6.07) is 13.7. The largest absolute Gasteiger partial charge is 0.496 e. The highest BCUT2D eigenvalue weighted by Gasteiger charge is 2.19. The van der Waals surface area contributed by atoms with E-state index in [4.69, 9.17) is 4.74 Å². The van der Waals surface area contributed by atoms with E-state index in [1.807, 2.05) is 0 Å². The van der Waals surface area contributed by atoms with E-state index in [2.05, 4.69) is 55.6 Å². The quantitative estimate of drug-likeness (QED) is 0.898. The Balaban J connectivity index is 1.75. The van der Waals surface area contributed by atoms with Gasteiger partial charge in [-0.2, -0.15) is 0 Å². The number of nitrogens with one attached hydrogen (secondary N) is 1. The standard InChI is InChI=1S/C20H25NO/c1-14-12-20(22-3)15(2)11-17(14)13-21-19-10-6-8-16-7-4-5-9-18(16)19/h4-5,7,9,11-12,19,21H,6,8,10,13H2,1-3H3. The van der Waals surface area contributed by atoms with Crippen molar-refractivity contribution < 1.29 is 4.74 Å². The van der Waals surface area contributed by atoms with E-state index in [0.29, 0.717) is 6.04 Å². The van der Waals surface area contributed by atoms with E-state index < -0.39 is 0 Å². The van der Waals surface area contributed by atoms with Crippen molar-refractivity contribution in [2.75, 3.05) is 7.11 Å². The van der Waals surface area contributed by atoms with Crippen LogP contribution in [-0.2, 0) is 13.0 Å². The molecule has 1 aliphatic rings. The molecule has 1 N–H and O–H groups in total. The number of fused-ring (bicyclic) bond motifs is 1. The molecular formula is C20H25NO. The Morgan fingerprint density at radius 3 is 2.77 bits per heavy atom. The molecule has 1 atom stereocenters.